The van der Waals surface area contributed by atoms with Crippen LogP contribution in [0.25, 0.3) is 0 Å². The minimum atomic E-state index is 0.232. The van der Waals surface area contributed by atoms with E-state index >= 15 is 0 Å². The van der Waals surface area contributed by atoms with E-state index in [0.717, 1.165) is 44.0 Å². The maximum Gasteiger partial charge on any atom is 0.144 e. The molecule has 17 heavy (non-hydrogen) atoms. The second-order valence-corrected chi connectivity index (χ2v) is 4.13. The van der Waals surface area contributed by atoms with Crippen molar-refractivity contribution in [1.82, 2.24) is 14.9 Å². The molecule has 2 N–H and O–H groups in total. The first-order chi connectivity index (χ1) is 8.26. The Kier molecular flexibility index (Phi) is 6.50. The van der Waals surface area contributed by atoms with E-state index in [1.807, 2.05) is 7.05 Å². The highest BCUT2D eigenvalue weighted by Gasteiger charge is 2.02. The second-order valence-electron chi connectivity index (χ2n) is 4.13. The minimum Gasteiger partial charge on any atom is -0.396 e. The smallest absolute Gasteiger partial charge is 0.144 e. The molecule has 0 atom stereocenters. The van der Waals surface area contributed by atoms with Crippen LogP contribution >= 0.6 is 0 Å². The van der Waals surface area contributed by atoms with Gasteiger partial charge in [-0.15, -0.1) is 0 Å². The number of anilines is 1. The van der Waals surface area contributed by atoms with Gasteiger partial charge < -0.3 is 15.3 Å². The fourth-order valence-corrected chi connectivity index (χ4v) is 1.48. The van der Waals surface area contributed by atoms with Crippen molar-refractivity contribution in [2.75, 3.05) is 32.1 Å². The number of rotatable bonds is 8. The first-order valence-corrected chi connectivity index (χ1v) is 6.10. The van der Waals surface area contributed by atoms with Gasteiger partial charge in [0.05, 0.1) is 18.1 Å². The Balaban J connectivity index is 2.39. The average Bonchev–Trinajstić information content (AvgIpc) is 2.35. The molecule has 1 rings (SSSR count). The Bertz CT molecular complexity index is 302. The molecule has 0 aliphatic carbocycles. The normalized spacial score (nSPS) is 10.8. The number of hydrogen-bond donors (Lipinski definition) is 2. The van der Waals surface area contributed by atoms with E-state index in [1.165, 1.54) is 0 Å². The van der Waals surface area contributed by atoms with Gasteiger partial charge in [-0.2, -0.15) is 0 Å². The molecule has 1 aromatic rings. The minimum absolute atomic E-state index is 0.232. The number of aliphatic hydroxyl groups excluding tert-OH is 1. The van der Waals surface area contributed by atoms with Crippen LogP contribution < -0.4 is 5.32 Å². The van der Waals surface area contributed by atoms with Gasteiger partial charge in [-0.05, 0) is 19.9 Å². The third kappa shape index (κ3) is 5.60. The van der Waals surface area contributed by atoms with E-state index in [9.17, 15) is 0 Å². The van der Waals surface area contributed by atoms with Crippen LogP contribution in [0.4, 0.5) is 5.82 Å². The Hall–Kier alpha value is -1.20. The van der Waals surface area contributed by atoms with Crippen LogP contribution in [0.5, 0.6) is 0 Å². The molecule has 0 saturated heterocycles. The Morgan fingerprint density at radius 3 is 2.76 bits per heavy atom. The molecule has 96 valence electrons. The zero-order chi connectivity index (χ0) is 12.5. The summed E-state index contributed by atoms with van der Waals surface area (Å²) in [4.78, 5) is 10.8. The molecule has 0 spiro atoms. The molecule has 0 amide bonds. The standard InChI is InChI=1S/C12H22N4O/c1-3-5-13-12-9-14-11(8-15-12)10-16(2)6-4-7-17/h8-9,17H,3-7,10H2,1-2H3,(H,13,15). The summed E-state index contributed by atoms with van der Waals surface area (Å²) in [7, 11) is 2.01. The lowest BCUT2D eigenvalue weighted by molar-refractivity contribution is 0.243. The van der Waals surface area contributed by atoms with Gasteiger partial charge in [0.25, 0.3) is 0 Å². The highest BCUT2D eigenvalue weighted by Crippen LogP contribution is 2.03. The molecule has 0 radical (unpaired) electrons. The molecule has 0 fully saturated rings. The molecule has 0 aliphatic rings. The van der Waals surface area contributed by atoms with Gasteiger partial charge in [-0.1, -0.05) is 6.92 Å². The Labute approximate surface area is 103 Å². The lowest BCUT2D eigenvalue weighted by Gasteiger charge is -2.15. The van der Waals surface area contributed by atoms with Gasteiger partial charge in [0.15, 0.2) is 0 Å². The molecular formula is C12H22N4O. The van der Waals surface area contributed by atoms with Crippen molar-refractivity contribution in [2.45, 2.75) is 26.3 Å². The number of aliphatic hydroxyl groups is 1. The van der Waals surface area contributed by atoms with Crippen LogP contribution in [0.1, 0.15) is 25.5 Å². The second kappa shape index (κ2) is 7.97. The quantitative estimate of drug-likeness (QED) is 0.710. The number of aromatic nitrogens is 2. The maximum atomic E-state index is 8.74. The van der Waals surface area contributed by atoms with Gasteiger partial charge in [-0.3, -0.25) is 4.98 Å². The fourth-order valence-electron chi connectivity index (χ4n) is 1.48. The molecule has 0 saturated carbocycles. The summed E-state index contributed by atoms with van der Waals surface area (Å²) in [6, 6.07) is 0. The van der Waals surface area contributed by atoms with E-state index in [4.69, 9.17) is 5.11 Å². The molecule has 0 aliphatic heterocycles. The van der Waals surface area contributed by atoms with Crippen molar-refractivity contribution in [1.29, 1.82) is 0 Å². The Morgan fingerprint density at radius 2 is 2.18 bits per heavy atom. The van der Waals surface area contributed by atoms with E-state index in [1.54, 1.807) is 12.4 Å². The van der Waals surface area contributed by atoms with E-state index < -0.39 is 0 Å². The monoisotopic (exact) mass is 238 g/mol. The molecule has 0 bridgehead atoms. The summed E-state index contributed by atoms with van der Waals surface area (Å²) in [6.45, 7) is 4.90. The van der Waals surface area contributed by atoms with E-state index in [2.05, 4.69) is 27.1 Å². The maximum absolute atomic E-state index is 8.74. The van der Waals surface area contributed by atoms with Crippen LogP contribution in [0.15, 0.2) is 12.4 Å². The largest absolute Gasteiger partial charge is 0.396 e. The first-order valence-electron chi connectivity index (χ1n) is 6.10. The molecule has 1 heterocycles. The third-order valence-corrected chi connectivity index (χ3v) is 2.39. The van der Waals surface area contributed by atoms with E-state index in [-0.39, 0.29) is 6.61 Å². The van der Waals surface area contributed by atoms with Crippen LogP contribution in [0.2, 0.25) is 0 Å². The summed E-state index contributed by atoms with van der Waals surface area (Å²) >= 11 is 0. The molecule has 1 aromatic heterocycles. The number of nitrogens with zero attached hydrogens (tertiary/aromatic N) is 3. The summed E-state index contributed by atoms with van der Waals surface area (Å²) in [6.07, 6.45) is 5.44. The summed E-state index contributed by atoms with van der Waals surface area (Å²) in [5.74, 6) is 0.827. The lowest BCUT2D eigenvalue weighted by Crippen LogP contribution is -2.20. The van der Waals surface area contributed by atoms with Crippen LogP contribution in [0, 0.1) is 0 Å². The van der Waals surface area contributed by atoms with Crippen molar-refractivity contribution in [2.24, 2.45) is 0 Å². The topological polar surface area (TPSA) is 61.3 Å². The van der Waals surface area contributed by atoms with Gasteiger partial charge in [0.1, 0.15) is 5.82 Å². The molecule has 5 nitrogen and oxygen atoms in total. The van der Waals surface area contributed by atoms with Crippen LogP contribution in [-0.2, 0) is 6.54 Å². The van der Waals surface area contributed by atoms with Crippen molar-refractivity contribution >= 4 is 5.82 Å². The van der Waals surface area contributed by atoms with Crippen molar-refractivity contribution in [3.63, 3.8) is 0 Å². The molecule has 5 heteroatoms. The van der Waals surface area contributed by atoms with Crippen molar-refractivity contribution in [3.05, 3.63) is 18.1 Å². The highest BCUT2D eigenvalue weighted by atomic mass is 16.3. The molecule has 0 aromatic carbocycles. The zero-order valence-electron chi connectivity index (χ0n) is 10.7. The number of nitrogens with one attached hydrogen (secondary N) is 1. The van der Waals surface area contributed by atoms with Gasteiger partial charge in [0, 0.05) is 26.2 Å². The SMILES string of the molecule is CCCNc1cnc(CN(C)CCCO)cn1. The lowest BCUT2D eigenvalue weighted by atomic mass is 10.3. The van der Waals surface area contributed by atoms with Crippen molar-refractivity contribution in [3.8, 4) is 0 Å². The third-order valence-electron chi connectivity index (χ3n) is 2.39. The summed E-state index contributed by atoms with van der Waals surface area (Å²) < 4.78 is 0. The predicted octanol–water partition coefficient (Wildman–Crippen LogP) is 1.11. The van der Waals surface area contributed by atoms with Gasteiger partial charge in [0.2, 0.25) is 0 Å². The van der Waals surface area contributed by atoms with Crippen molar-refractivity contribution < 1.29 is 5.11 Å². The number of hydrogen-bond acceptors (Lipinski definition) is 5. The average molecular weight is 238 g/mol. The van der Waals surface area contributed by atoms with Gasteiger partial charge >= 0.3 is 0 Å². The van der Waals surface area contributed by atoms with E-state index in [0.29, 0.717) is 0 Å². The van der Waals surface area contributed by atoms with Crippen LogP contribution in [0.3, 0.4) is 0 Å². The Morgan fingerprint density at radius 1 is 1.35 bits per heavy atom. The molecule has 0 unspecified atom stereocenters. The summed E-state index contributed by atoms with van der Waals surface area (Å²) in [5, 5.41) is 11.9. The first kappa shape index (κ1) is 13.9. The van der Waals surface area contributed by atoms with Crippen LogP contribution in [-0.4, -0.2) is 46.7 Å². The fraction of sp³-hybridized carbons (Fsp3) is 0.667. The van der Waals surface area contributed by atoms with Gasteiger partial charge in [-0.25, -0.2) is 4.98 Å². The predicted molar refractivity (Wildman–Crippen MR) is 68.8 cm³/mol. The molecular weight excluding hydrogens is 216 g/mol. The summed E-state index contributed by atoms with van der Waals surface area (Å²) in [5.41, 5.74) is 0.951. The zero-order valence-corrected chi connectivity index (χ0v) is 10.7. The highest BCUT2D eigenvalue weighted by molar-refractivity contribution is 5.30.